The van der Waals surface area contributed by atoms with Gasteiger partial charge in [-0.25, -0.2) is 0 Å². The van der Waals surface area contributed by atoms with Crippen molar-refractivity contribution in [1.29, 1.82) is 0 Å². The van der Waals surface area contributed by atoms with Crippen molar-refractivity contribution in [2.24, 2.45) is 0 Å². The van der Waals surface area contributed by atoms with Crippen LogP contribution in [0.4, 0.5) is 0 Å². The van der Waals surface area contributed by atoms with Crippen LogP contribution in [0.2, 0.25) is 0 Å². The van der Waals surface area contributed by atoms with Crippen molar-refractivity contribution >= 4 is 5.91 Å². The van der Waals surface area contributed by atoms with E-state index in [1.54, 1.807) is 0 Å². The maximum absolute atomic E-state index is 11.9. The summed E-state index contributed by atoms with van der Waals surface area (Å²) in [4.78, 5) is 11.9. The third-order valence-electron chi connectivity index (χ3n) is 3.39. The molecule has 0 aliphatic carbocycles. The van der Waals surface area contributed by atoms with Crippen LogP contribution in [-0.4, -0.2) is 23.1 Å². The molecule has 0 fully saturated rings. The van der Waals surface area contributed by atoms with Crippen molar-refractivity contribution in [3.8, 4) is 0 Å². The largest absolute Gasteiger partial charge is 0.350 e. The summed E-state index contributed by atoms with van der Waals surface area (Å²) >= 11 is 0. The second-order valence-electron chi connectivity index (χ2n) is 5.41. The Labute approximate surface area is 110 Å². The van der Waals surface area contributed by atoms with E-state index in [1.165, 1.54) is 5.56 Å². The molecule has 4 nitrogen and oxygen atoms in total. The number of hydrogen-bond acceptors (Lipinski definition) is 2. The summed E-state index contributed by atoms with van der Waals surface area (Å²) in [5.74, 6) is 0.0566. The van der Waals surface area contributed by atoms with Crippen LogP contribution in [0.5, 0.6) is 0 Å². The predicted octanol–water partition coefficient (Wildman–Crippen LogP) is 2.07. The van der Waals surface area contributed by atoms with Gasteiger partial charge in [0.2, 0.25) is 5.91 Å². The molecule has 0 bridgehead atoms. The lowest BCUT2D eigenvalue weighted by molar-refractivity contribution is -0.123. The maximum atomic E-state index is 11.9. The first-order valence-electron chi connectivity index (χ1n) is 6.52. The highest BCUT2D eigenvalue weighted by Crippen LogP contribution is 2.12. The van der Waals surface area contributed by atoms with Crippen LogP contribution >= 0.6 is 0 Å². The molecule has 0 aromatic carbocycles. The highest BCUT2D eigenvalue weighted by Gasteiger charge is 2.17. The summed E-state index contributed by atoms with van der Waals surface area (Å²) in [7, 11) is 1.93. The number of nitrogens with one attached hydrogen (secondary N) is 2. The van der Waals surface area contributed by atoms with Gasteiger partial charge in [0.05, 0.1) is 0 Å². The first kappa shape index (κ1) is 14.8. The number of rotatable bonds is 6. The number of amides is 1. The smallest absolute Gasteiger partial charge is 0.240 e. The fourth-order valence-corrected chi connectivity index (χ4v) is 1.65. The van der Waals surface area contributed by atoms with E-state index >= 15 is 0 Å². The van der Waals surface area contributed by atoms with Gasteiger partial charge in [-0.1, -0.05) is 6.92 Å². The highest BCUT2D eigenvalue weighted by atomic mass is 16.2. The second-order valence-corrected chi connectivity index (χ2v) is 5.41. The Morgan fingerprint density at radius 1 is 1.50 bits per heavy atom. The molecule has 0 saturated heterocycles. The van der Waals surface area contributed by atoms with Gasteiger partial charge in [0.1, 0.15) is 6.54 Å². The Morgan fingerprint density at radius 3 is 2.72 bits per heavy atom. The second kappa shape index (κ2) is 6.05. The number of hydrogen-bond donors (Lipinski definition) is 2. The SMILES string of the molecule is CCC(C)(C)NC(=O)Cn1ccc(C(C)NC)c1. The highest BCUT2D eigenvalue weighted by molar-refractivity contribution is 5.76. The first-order chi connectivity index (χ1) is 8.38. The van der Waals surface area contributed by atoms with Crippen LogP contribution in [0.15, 0.2) is 18.5 Å². The van der Waals surface area contributed by atoms with Gasteiger partial charge in [0.25, 0.3) is 0 Å². The van der Waals surface area contributed by atoms with E-state index in [0.717, 1.165) is 6.42 Å². The van der Waals surface area contributed by atoms with E-state index in [1.807, 2.05) is 43.9 Å². The maximum Gasteiger partial charge on any atom is 0.240 e. The zero-order valence-electron chi connectivity index (χ0n) is 12.1. The van der Waals surface area contributed by atoms with E-state index in [-0.39, 0.29) is 11.4 Å². The van der Waals surface area contributed by atoms with Gasteiger partial charge in [-0.2, -0.15) is 0 Å². The average molecular weight is 251 g/mol. The molecule has 0 spiro atoms. The van der Waals surface area contributed by atoms with Gasteiger partial charge < -0.3 is 15.2 Å². The molecule has 1 heterocycles. The molecule has 1 aromatic heterocycles. The molecule has 0 radical (unpaired) electrons. The van der Waals surface area contributed by atoms with Crippen LogP contribution < -0.4 is 10.6 Å². The predicted molar refractivity (Wildman–Crippen MR) is 74.4 cm³/mol. The third kappa shape index (κ3) is 4.18. The van der Waals surface area contributed by atoms with E-state index in [2.05, 4.69) is 24.5 Å². The molecular weight excluding hydrogens is 226 g/mol. The van der Waals surface area contributed by atoms with Crippen LogP contribution in [0.1, 0.15) is 45.7 Å². The van der Waals surface area contributed by atoms with Gasteiger partial charge in [-0.05, 0) is 45.9 Å². The van der Waals surface area contributed by atoms with Crippen molar-refractivity contribution < 1.29 is 4.79 Å². The first-order valence-corrected chi connectivity index (χ1v) is 6.52. The number of carbonyl (C=O) groups is 1. The Hall–Kier alpha value is -1.29. The molecule has 102 valence electrons. The van der Waals surface area contributed by atoms with Gasteiger partial charge in [-0.3, -0.25) is 4.79 Å². The van der Waals surface area contributed by atoms with Crippen LogP contribution in [0.3, 0.4) is 0 Å². The summed E-state index contributed by atoms with van der Waals surface area (Å²) < 4.78 is 1.92. The molecular formula is C14H25N3O. The quantitative estimate of drug-likeness (QED) is 0.813. The minimum absolute atomic E-state index is 0.0566. The van der Waals surface area contributed by atoms with E-state index in [9.17, 15) is 4.79 Å². The molecule has 0 aliphatic heterocycles. The molecule has 0 saturated carbocycles. The number of aromatic nitrogens is 1. The molecule has 2 N–H and O–H groups in total. The zero-order valence-corrected chi connectivity index (χ0v) is 12.1. The molecule has 1 unspecified atom stereocenters. The molecule has 1 atom stereocenters. The van der Waals surface area contributed by atoms with Gasteiger partial charge in [0.15, 0.2) is 0 Å². The average Bonchev–Trinajstić information content (AvgIpc) is 2.75. The molecule has 18 heavy (non-hydrogen) atoms. The lowest BCUT2D eigenvalue weighted by atomic mass is 10.0. The van der Waals surface area contributed by atoms with Gasteiger partial charge >= 0.3 is 0 Å². The standard InChI is InChI=1S/C14H25N3O/c1-6-14(3,4)16-13(18)10-17-8-7-12(9-17)11(2)15-5/h7-9,11,15H,6,10H2,1-5H3,(H,16,18). The monoisotopic (exact) mass is 251 g/mol. The molecule has 1 amide bonds. The van der Waals surface area contributed by atoms with E-state index in [4.69, 9.17) is 0 Å². The van der Waals surface area contributed by atoms with E-state index < -0.39 is 0 Å². The van der Waals surface area contributed by atoms with Crippen molar-refractivity contribution in [1.82, 2.24) is 15.2 Å². The fraction of sp³-hybridized carbons (Fsp3) is 0.643. The Bertz CT molecular complexity index is 395. The Morgan fingerprint density at radius 2 is 2.17 bits per heavy atom. The summed E-state index contributed by atoms with van der Waals surface area (Å²) in [6.45, 7) is 8.62. The summed E-state index contributed by atoms with van der Waals surface area (Å²) in [6.07, 6.45) is 4.88. The Kier molecular flexibility index (Phi) is 4.96. The summed E-state index contributed by atoms with van der Waals surface area (Å²) in [6, 6.07) is 2.35. The summed E-state index contributed by atoms with van der Waals surface area (Å²) in [5.41, 5.74) is 1.06. The van der Waals surface area contributed by atoms with Crippen molar-refractivity contribution in [2.45, 2.75) is 52.2 Å². The normalized spacial score (nSPS) is 13.4. The molecule has 0 aliphatic rings. The van der Waals surface area contributed by atoms with Crippen molar-refractivity contribution in [3.05, 3.63) is 24.0 Å². The topological polar surface area (TPSA) is 46.1 Å². The van der Waals surface area contributed by atoms with Crippen LogP contribution in [0, 0.1) is 0 Å². The van der Waals surface area contributed by atoms with Crippen molar-refractivity contribution in [2.75, 3.05) is 7.05 Å². The third-order valence-corrected chi connectivity index (χ3v) is 3.39. The van der Waals surface area contributed by atoms with Crippen LogP contribution in [0.25, 0.3) is 0 Å². The Balaban J connectivity index is 2.57. The molecule has 4 heteroatoms. The van der Waals surface area contributed by atoms with Gasteiger partial charge in [0, 0.05) is 24.0 Å². The van der Waals surface area contributed by atoms with Crippen LogP contribution in [-0.2, 0) is 11.3 Å². The fourth-order valence-electron chi connectivity index (χ4n) is 1.65. The number of nitrogens with zero attached hydrogens (tertiary/aromatic N) is 1. The van der Waals surface area contributed by atoms with E-state index in [0.29, 0.717) is 12.6 Å². The lowest BCUT2D eigenvalue weighted by Gasteiger charge is -2.24. The van der Waals surface area contributed by atoms with Crippen molar-refractivity contribution in [3.63, 3.8) is 0 Å². The summed E-state index contributed by atoms with van der Waals surface area (Å²) in [5, 5.41) is 6.21. The zero-order chi connectivity index (χ0) is 13.8. The number of carbonyl (C=O) groups excluding carboxylic acids is 1. The molecule has 1 rings (SSSR count). The molecule has 1 aromatic rings. The minimum Gasteiger partial charge on any atom is -0.350 e. The minimum atomic E-state index is -0.134. The lowest BCUT2D eigenvalue weighted by Crippen LogP contribution is -2.44. The van der Waals surface area contributed by atoms with Gasteiger partial charge in [-0.15, -0.1) is 0 Å².